The van der Waals surface area contributed by atoms with Crippen molar-refractivity contribution in [2.75, 3.05) is 13.6 Å². The minimum atomic E-state index is -0.169. The molecule has 2 nitrogen and oxygen atoms in total. The van der Waals surface area contributed by atoms with E-state index in [4.69, 9.17) is 5.73 Å². The fourth-order valence-corrected chi connectivity index (χ4v) is 2.87. The normalized spacial score (nSPS) is 24.5. The van der Waals surface area contributed by atoms with Gasteiger partial charge < -0.3 is 5.73 Å². The largest absolute Gasteiger partial charge is 0.330 e. The lowest BCUT2D eigenvalue weighted by atomic mass is 10.0. The third-order valence-electron chi connectivity index (χ3n) is 3.83. The zero-order chi connectivity index (χ0) is 12.3. The highest BCUT2D eigenvalue weighted by Gasteiger charge is 2.28. The highest BCUT2D eigenvalue weighted by molar-refractivity contribution is 5.16. The Morgan fingerprint density at radius 1 is 1.29 bits per heavy atom. The van der Waals surface area contributed by atoms with Crippen LogP contribution in [-0.4, -0.2) is 24.5 Å². The van der Waals surface area contributed by atoms with Gasteiger partial charge in [-0.1, -0.05) is 18.6 Å². The van der Waals surface area contributed by atoms with E-state index in [0.29, 0.717) is 12.0 Å². The van der Waals surface area contributed by atoms with Gasteiger partial charge in [-0.15, -0.1) is 0 Å². The van der Waals surface area contributed by atoms with Crippen molar-refractivity contribution in [1.82, 2.24) is 4.90 Å². The third kappa shape index (κ3) is 3.05. The lowest BCUT2D eigenvalue weighted by molar-refractivity contribution is 0.193. The molecule has 0 bridgehead atoms. The Bertz CT molecular complexity index is 350. The number of rotatable bonds is 4. The molecule has 3 heteroatoms. The van der Waals surface area contributed by atoms with Gasteiger partial charge in [0.05, 0.1) is 0 Å². The first-order chi connectivity index (χ1) is 8.20. The number of hydrogen-bond acceptors (Lipinski definition) is 2. The molecule has 2 N–H and O–H groups in total. The van der Waals surface area contributed by atoms with Crippen LogP contribution >= 0.6 is 0 Å². The van der Waals surface area contributed by atoms with E-state index < -0.39 is 0 Å². The summed E-state index contributed by atoms with van der Waals surface area (Å²) in [5.41, 5.74) is 6.96. The molecule has 0 aromatic heterocycles. The Kier molecular flexibility index (Phi) is 4.13. The van der Waals surface area contributed by atoms with E-state index in [2.05, 4.69) is 11.9 Å². The molecule has 0 radical (unpaired) electrons. The summed E-state index contributed by atoms with van der Waals surface area (Å²) in [7, 11) is 2.14. The van der Waals surface area contributed by atoms with Crippen molar-refractivity contribution >= 4 is 0 Å². The number of hydrogen-bond donors (Lipinski definition) is 1. The summed E-state index contributed by atoms with van der Waals surface area (Å²) in [4.78, 5) is 2.36. The van der Waals surface area contributed by atoms with Gasteiger partial charge in [-0.25, -0.2) is 4.39 Å². The van der Waals surface area contributed by atoms with Gasteiger partial charge in [0.2, 0.25) is 0 Å². The molecule has 2 atom stereocenters. The topological polar surface area (TPSA) is 29.3 Å². The molecule has 1 aliphatic rings. The molecule has 1 fully saturated rings. The molecule has 1 aromatic carbocycles. The quantitative estimate of drug-likeness (QED) is 0.869. The van der Waals surface area contributed by atoms with Crippen LogP contribution in [0.25, 0.3) is 0 Å². The van der Waals surface area contributed by atoms with Crippen LogP contribution in [0.5, 0.6) is 0 Å². The highest BCUT2D eigenvalue weighted by Crippen LogP contribution is 2.29. The molecule has 0 spiro atoms. The molecular formula is C14H21FN2. The van der Waals surface area contributed by atoms with Crippen LogP contribution in [0, 0.1) is 11.7 Å². The molecule has 0 amide bonds. The van der Waals surface area contributed by atoms with Crippen LogP contribution in [0.15, 0.2) is 24.3 Å². The molecule has 1 saturated carbocycles. The Labute approximate surface area is 103 Å². The van der Waals surface area contributed by atoms with E-state index in [-0.39, 0.29) is 5.82 Å². The fraction of sp³-hybridized carbons (Fsp3) is 0.571. The first-order valence-corrected chi connectivity index (χ1v) is 6.35. The lowest BCUT2D eigenvalue weighted by Gasteiger charge is -2.29. The van der Waals surface area contributed by atoms with Crippen molar-refractivity contribution < 1.29 is 4.39 Å². The van der Waals surface area contributed by atoms with Gasteiger partial charge in [-0.3, -0.25) is 4.90 Å². The zero-order valence-electron chi connectivity index (χ0n) is 10.4. The Balaban J connectivity index is 1.96. The van der Waals surface area contributed by atoms with E-state index in [9.17, 15) is 4.39 Å². The molecule has 0 saturated heterocycles. The minimum absolute atomic E-state index is 0.169. The Morgan fingerprint density at radius 3 is 2.65 bits per heavy atom. The SMILES string of the molecule is CN(Cc1ccc(F)cc1)C1CCCC1CN. The summed E-state index contributed by atoms with van der Waals surface area (Å²) in [6.45, 7) is 1.65. The monoisotopic (exact) mass is 236 g/mol. The summed E-state index contributed by atoms with van der Waals surface area (Å²) in [5, 5.41) is 0. The average molecular weight is 236 g/mol. The second-order valence-corrected chi connectivity index (χ2v) is 5.04. The Hall–Kier alpha value is -0.930. The predicted octanol–water partition coefficient (Wildman–Crippen LogP) is 2.38. The number of halogens is 1. The highest BCUT2D eigenvalue weighted by atomic mass is 19.1. The van der Waals surface area contributed by atoms with E-state index in [1.54, 1.807) is 0 Å². The maximum absolute atomic E-state index is 12.8. The van der Waals surface area contributed by atoms with Gasteiger partial charge in [0.25, 0.3) is 0 Å². The third-order valence-corrected chi connectivity index (χ3v) is 3.83. The van der Waals surface area contributed by atoms with Gasteiger partial charge in [0, 0.05) is 12.6 Å². The summed E-state index contributed by atoms with van der Waals surface area (Å²) in [5.74, 6) is 0.456. The zero-order valence-corrected chi connectivity index (χ0v) is 10.4. The van der Waals surface area contributed by atoms with Crippen LogP contribution in [-0.2, 0) is 6.54 Å². The molecule has 94 valence electrons. The van der Waals surface area contributed by atoms with Crippen molar-refractivity contribution in [3.63, 3.8) is 0 Å². The second-order valence-electron chi connectivity index (χ2n) is 5.04. The number of nitrogens with two attached hydrogens (primary N) is 1. The molecule has 0 heterocycles. The van der Waals surface area contributed by atoms with E-state index in [0.717, 1.165) is 18.7 Å². The molecular weight excluding hydrogens is 215 g/mol. The van der Waals surface area contributed by atoms with Gasteiger partial charge in [-0.2, -0.15) is 0 Å². The number of benzene rings is 1. The van der Waals surface area contributed by atoms with Crippen LogP contribution in [0.3, 0.4) is 0 Å². The smallest absolute Gasteiger partial charge is 0.123 e. The molecule has 0 aliphatic heterocycles. The van der Waals surface area contributed by atoms with E-state index in [1.165, 1.54) is 31.4 Å². The van der Waals surface area contributed by atoms with Crippen molar-refractivity contribution in [3.05, 3.63) is 35.6 Å². The van der Waals surface area contributed by atoms with Gasteiger partial charge >= 0.3 is 0 Å². The van der Waals surface area contributed by atoms with Crippen molar-refractivity contribution in [3.8, 4) is 0 Å². The van der Waals surface area contributed by atoms with Crippen LogP contribution < -0.4 is 5.73 Å². The maximum Gasteiger partial charge on any atom is 0.123 e. The van der Waals surface area contributed by atoms with Crippen LogP contribution in [0.4, 0.5) is 4.39 Å². The number of nitrogens with zero attached hydrogens (tertiary/aromatic N) is 1. The summed E-state index contributed by atoms with van der Waals surface area (Å²) in [6, 6.07) is 7.36. The van der Waals surface area contributed by atoms with Crippen molar-refractivity contribution in [2.45, 2.75) is 31.8 Å². The maximum atomic E-state index is 12.8. The predicted molar refractivity (Wildman–Crippen MR) is 68.1 cm³/mol. The van der Waals surface area contributed by atoms with E-state index >= 15 is 0 Å². The van der Waals surface area contributed by atoms with Crippen molar-refractivity contribution in [1.29, 1.82) is 0 Å². The average Bonchev–Trinajstić information content (AvgIpc) is 2.80. The molecule has 17 heavy (non-hydrogen) atoms. The van der Waals surface area contributed by atoms with Gasteiger partial charge in [0.1, 0.15) is 5.82 Å². The summed E-state index contributed by atoms with van der Waals surface area (Å²) >= 11 is 0. The Morgan fingerprint density at radius 2 is 2.00 bits per heavy atom. The van der Waals surface area contributed by atoms with Crippen LogP contribution in [0.1, 0.15) is 24.8 Å². The summed E-state index contributed by atoms with van der Waals surface area (Å²) in [6.07, 6.45) is 3.76. The van der Waals surface area contributed by atoms with E-state index in [1.807, 2.05) is 12.1 Å². The summed E-state index contributed by atoms with van der Waals surface area (Å²) < 4.78 is 12.8. The molecule has 2 rings (SSSR count). The molecule has 1 aromatic rings. The minimum Gasteiger partial charge on any atom is -0.330 e. The lowest BCUT2D eigenvalue weighted by Crippen LogP contribution is -2.37. The molecule has 1 aliphatic carbocycles. The second kappa shape index (κ2) is 5.61. The van der Waals surface area contributed by atoms with Crippen LogP contribution in [0.2, 0.25) is 0 Å². The first-order valence-electron chi connectivity index (χ1n) is 6.35. The van der Waals surface area contributed by atoms with Gasteiger partial charge in [-0.05, 0) is 50.0 Å². The van der Waals surface area contributed by atoms with Gasteiger partial charge in [0.15, 0.2) is 0 Å². The molecule has 2 unspecified atom stereocenters. The standard InChI is InChI=1S/C14H21FN2/c1-17(14-4-2-3-12(14)9-16)10-11-5-7-13(15)8-6-11/h5-8,12,14H,2-4,9-10,16H2,1H3. The van der Waals surface area contributed by atoms with Crippen molar-refractivity contribution in [2.24, 2.45) is 11.7 Å². The fourth-order valence-electron chi connectivity index (χ4n) is 2.87. The first kappa shape index (κ1) is 12.5.